The maximum atomic E-state index is 12.0. The average Bonchev–Trinajstić information content (AvgIpc) is 1.96. The van der Waals surface area contributed by atoms with Gasteiger partial charge in [0.25, 0.3) is 0 Å². The molecule has 0 unspecified atom stereocenters. The molecule has 1 aliphatic heterocycles. The van der Waals surface area contributed by atoms with Crippen LogP contribution in [0.5, 0.6) is 0 Å². The number of rotatable bonds is 2. The largest absolute Gasteiger partial charge is 0.377 e. The van der Waals surface area contributed by atoms with Crippen LogP contribution in [0.15, 0.2) is 0 Å². The van der Waals surface area contributed by atoms with Crippen molar-refractivity contribution in [2.24, 2.45) is 0 Å². The summed E-state index contributed by atoms with van der Waals surface area (Å²) in [4.78, 5) is 0. The molecular weight excluding hydrogens is 191 g/mol. The Morgan fingerprint density at radius 1 is 1.54 bits per heavy atom. The molecule has 1 rings (SSSR count). The van der Waals surface area contributed by atoms with E-state index in [0.717, 1.165) is 0 Å². The van der Waals surface area contributed by atoms with E-state index in [0.29, 0.717) is 6.42 Å². The van der Waals surface area contributed by atoms with Crippen LogP contribution >= 0.6 is 7.60 Å². The van der Waals surface area contributed by atoms with Crippen molar-refractivity contribution in [2.45, 2.75) is 45.1 Å². The predicted octanol–water partition coefficient (Wildman–Crippen LogP) is 2.12. The first-order chi connectivity index (χ1) is 5.72. The standard InChI is InChI=1S/C8H17O4P/c1-5-11-13(10)8(4,9)6-7(2,3)12-13/h9H,5-6H2,1-4H3/t8-,13+/m0/s1. The summed E-state index contributed by atoms with van der Waals surface area (Å²) in [5.74, 6) is 0. The van der Waals surface area contributed by atoms with E-state index >= 15 is 0 Å². The average molecular weight is 208 g/mol. The fourth-order valence-corrected chi connectivity index (χ4v) is 3.85. The van der Waals surface area contributed by atoms with Crippen LogP contribution in [0.3, 0.4) is 0 Å². The maximum Gasteiger partial charge on any atom is 0.362 e. The lowest BCUT2D eigenvalue weighted by atomic mass is 10.0. The van der Waals surface area contributed by atoms with E-state index in [1.54, 1.807) is 20.8 Å². The summed E-state index contributed by atoms with van der Waals surface area (Å²) in [6.45, 7) is 7.09. The normalized spacial score (nSPS) is 43.8. The molecule has 78 valence electrons. The summed E-state index contributed by atoms with van der Waals surface area (Å²) in [6, 6.07) is 0. The maximum absolute atomic E-state index is 12.0. The zero-order valence-corrected chi connectivity index (χ0v) is 9.43. The number of aliphatic hydroxyl groups is 1. The van der Waals surface area contributed by atoms with Crippen LogP contribution in [0.4, 0.5) is 0 Å². The minimum absolute atomic E-state index is 0.281. The van der Waals surface area contributed by atoms with E-state index < -0.39 is 18.5 Å². The van der Waals surface area contributed by atoms with Gasteiger partial charge in [-0.15, -0.1) is 0 Å². The minimum Gasteiger partial charge on any atom is -0.377 e. The van der Waals surface area contributed by atoms with Gasteiger partial charge in [0.15, 0.2) is 5.34 Å². The van der Waals surface area contributed by atoms with E-state index in [1.165, 1.54) is 6.92 Å². The van der Waals surface area contributed by atoms with Crippen molar-refractivity contribution in [1.29, 1.82) is 0 Å². The first kappa shape index (κ1) is 11.2. The molecular formula is C8H17O4P. The zero-order valence-electron chi connectivity index (χ0n) is 8.53. The van der Waals surface area contributed by atoms with Gasteiger partial charge in [0.2, 0.25) is 0 Å². The van der Waals surface area contributed by atoms with Gasteiger partial charge in [0, 0.05) is 6.42 Å². The Hall–Kier alpha value is 0.110. The van der Waals surface area contributed by atoms with Crippen molar-refractivity contribution < 1.29 is 18.7 Å². The Bertz CT molecular complexity index is 247. The van der Waals surface area contributed by atoms with Crippen LogP contribution in [0.25, 0.3) is 0 Å². The van der Waals surface area contributed by atoms with Crippen molar-refractivity contribution >= 4 is 7.60 Å². The highest BCUT2D eigenvalue weighted by molar-refractivity contribution is 7.55. The van der Waals surface area contributed by atoms with Gasteiger partial charge in [-0.1, -0.05) is 0 Å². The minimum atomic E-state index is -3.34. The Kier molecular flexibility index (Phi) is 2.63. The lowest BCUT2D eigenvalue weighted by Crippen LogP contribution is -2.24. The molecule has 2 atom stereocenters. The number of hydrogen-bond acceptors (Lipinski definition) is 4. The van der Waals surface area contributed by atoms with Gasteiger partial charge in [-0.2, -0.15) is 0 Å². The van der Waals surface area contributed by atoms with Gasteiger partial charge in [0.1, 0.15) is 0 Å². The van der Waals surface area contributed by atoms with E-state index in [2.05, 4.69) is 0 Å². The molecule has 0 aromatic heterocycles. The monoisotopic (exact) mass is 208 g/mol. The lowest BCUT2D eigenvalue weighted by molar-refractivity contribution is 0.0926. The summed E-state index contributed by atoms with van der Waals surface area (Å²) in [6.07, 6.45) is 0.331. The molecule has 0 saturated carbocycles. The second kappa shape index (κ2) is 3.06. The summed E-state index contributed by atoms with van der Waals surface area (Å²) in [5, 5.41) is 8.51. The second-order valence-corrected chi connectivity index (χ2v) is 6.56. The van der Waals surface area contributed by atoms with Gasteiger partial charge in [-0.05, 0) is 27.7 Å². The Balaban J connectivity index is 2.93. The highest BCUT2D eigenvalue weighted by Crippen LogP contribution is 2.68. The lowest BCUT2D eigenvalue weighted by Gasteiger charge is -2.22. The van der Waals surface area contributed by atoms with Crippen LogP contribution < -0.4 is 0 Å². The van der Waals surface area contributed by atoms with Gasteiger partial charge in [-0.3, -0.25) is 4.57 Å². The molecule has 0 aromatic rings. The van der Waals surface area contributed by atoms with Gasteiger partial charge < -0.3 is 14.2 Å². The molecule has 0 spiro atoms. The summed E-state index contributed by atoms with van der Waals surface area (Å²) in [7, 11) is -3.34. The summed E-state index contributed by atoms with van der Waals surface area (Å²) >= 11 is 0. The second-order valence-electron chi connectivity index (χ2n) is 4.16. The molecule has 0 amide bonds. The molecule has 1 saturated heterocycles. The van der Waals surface area contributed by atoms with Crippen LogP contribution in [0.1, 0.15) is 34.1 Å². The van der Waals surface area contributed by atoms with Gasteiger partial charge in [0.05, 0.1) is 12.2 Å². The molecule has 1 heterocycles. The molecule has 0 aromatic carbocycles. The Morgan fingerprint density at radius 2 is 2.08 bits per heavy atom. The van der Waals surface area contributed by atoms with Crippen molar-refractivity contribution in [3.05, 3.63) is 0 Å². The molecule has 1 N–H and O–H groups in total. The third-order valence-electron chi connectivity index (χ3n) is 2.02. The smallest absolute Gasteiger partial charge is 0.362 e. The first-order valence-electron chi connectivity index (χ1n) is 4.40. The Labute approximate surface area is 78.8 Å². The van der Waals surface area contributed by atoms with Crippen molar-refractivity contribution in [1.82, 2.24) is 0 Å². The summed E-state index contributed by atoms with van der Waals surface area (Å²) < 4.78 is 22.3. The fourth-order valence-electron chi connectivity index (χ4n) is 1.69. The summed E-state index contributed by atoms with van der Waals surface area (Å²) in [5.41, 5.74) is -0.575. The highest BCUT2D eigenvalue weighted by Gasteiger charge is 2.58. The topological polar surface area (TPSA) is 55.8 Å². The van der Waals surface area contributed by atoms with Crippen molar-refractivity contribution in [3.8, 4) is 0 Å². The van der Waals surface area contributed by atoms with E-state index in [4.69, 9.17) is 9.05 Å². The third-order valence-corrected chi connectivity index (χ3v) is 4.69. The zero-order chi connectivity index (χ0) is 10.3. The molecule has 5 heteroatoms. The van der Waals surface area contributed by atoms with Crippen LogP contribution in [0.2, 0.25) is 0 Å². The molecule has 0 aliphatic carbocycles. The first-order valence-corrected chi connectivity index (χ1v) is 5.94. The number of hydrogen-bond donors (Lipinski definition) is 1. The predicted molar refractivity (Wildman–Crippen MR) is 49.6 cm³/mol. The van der Waals surface area contributed by atoms with Gasteiger partial charge >= 0.3 is 7.60 Å². The Morgan fingerprint density at radius 3 is 2.38 bits per heavy atom. The molecule has 1 aliphatic rings. The van der Waals surface area contributed by atoms with E-state index in [1.807, 2.05) is 0 Å². The van der Waals surface area contributed by atoms with Crippen molar-refractivity contribution in [3.63, 3.8) is 0 Å². The SMILES string of the molecule is CCO[P@@]1(=O)OC(C)(C)C[C@@]1(C)O. The van der Waals surface area contributed by atoms with E-state index in [9.17, 15) is 9.67 Å². The highest BCUT2D eigenvalue weighted by atomic mass is 31.2. The molecule has 1 fully saturated rings. The third kappa shape index (κ3) is 1.96. The molecule has 4 nitrogen and oxygen atoms in total. The quantitative estimate of drug-likeness (QED) is 0.706. The van der Waals surface area contributed by atoms with Crippen LogP contribution in [-0.2, 0) is 13.6 Å². The molecule has 0 radical (unpaired) electrons. The fraction of sp³-hybridized carbons (Fsp3) is 1.00. The van der Waals surface area contributed by atoms with E-state index in [-0.39, 0.29) is 6.61 Å². The molecule has 13 heavy (non-hydrogen) atoms. The molecule has 0 bridgehead atoms. The van der Waals surface area contributed by atoms with Crippen LogP contribution in [-0.4, -0.2) is 22.7 Å². The van der Waals surface area contributed by atoms with Crippen molar-refractivity contribution in [2.75, 3.05) is 6.61 Å². The van der Waals surface area contributed by atoms with Gasteiger partial charge in [-0.25, -0.2) is 0 Å². The van der Waals surface area contributed by atoms with Crippen LogP contribution in [0, 0.1) is 0 Å².